The lowest BCUT2D eigenvalue weighted by Gasteiger charge is -2.24. The van der Waals surface area contributed by atoms with Crippen LogP contribution in [0, 0.1) is 0 Å². The monoisotopic (exact) mass is 404 g/mol. The molecule has 2 N–H and O–H groups in total. The number of rotatable bonds is 10. The van der Waals surface area contributed by atoms with E-state index >= 15 is 0 Å². The fourth-order valence-corrected chi connectivity index (χ4v) is 2.99. The average molecular weight is 404 g/mol. The van der Waals surface area contributed by atoms with E-state index in [4.69, 9.17) is 9.84 Å². The van der Waals surface area contributed by atoms with Gasteiger partial charge in [-0.1, -0.05) is 48.5 Å². The molecule has 3 aromatic carbocycles. The van der Waals surface area contributed by atoms with Crippen LogP contribution in [0.2, 0.25) is 0 Å². The van der Waals surface area contributed by atoms with Crippen LogP contribution in [0.25, 0.3) is 0 Å². The summed E-state index contributed by atoms with van der Waals surface area (Å²) in [6.07, 6.45) is 0.668. The smallest absolute Gasteiger partial charge is 0.341 e. The average Bonchev–Trinajstić information content (AvgIpc) is 2.78. The number of nitrogens with zero attached hydrogens (tertiary/aromatic N) is 1. The van der Waals surface area contributed by atoms with Crippen molar-refractivity contribution in [1.82, 2.24) is 5.32 Å². The first-order chi connectivity index (χ1) is 14.6. The maximum atomic E-state index is 12.6. The molecule has 0 spiro atoms. The number of para-hydroxylation sites is 2. The molecule has 0 bridgehead atoms. The Labute approximate surface area is 175 Å². The fraction of sp³-hybridized carbons (Fsp3) is 0.167. The molecule has 1 amide bonds. The zero-order valence-electron chi connectivity index (χ0n) is 16.5. The van der Waals surface area contributed by atoms with Crippen molar-refractivity contribution < 1.29 is 19.4 Å². The number of nitrogens with one attached hydrogen (secondary N) is 1. The molecule has 3 rings (SSSR count). The number of hydrogen-bond acceptors (Lipinski definition) is 4. The highest BCUT2D eigenvalue weighted by Gasteiger charge is 2.13. The standard InChI is InChI=1S/C24H24N2O4/c27-23(25-16-15-19-11-13-22(14-12-19)30-18-24(28)29)17-26(20-7-3-1-4-8-20)21-9-5-2-6-10-21/h1-14H,15-18H2,(H,25,27)(H,28,29). The SMILES string of the molecule is O=C(O)COc1ccc(CCNC(=O)CN(c2ccccc2)c2ccccc2)cc1. The van der Waals surface area contributed by atoms with Crippen LogP contribution < -0.4 is 15.0 Å². The summed E-state index contributed by atoms with van der Waals surface area (Å²) in [5, 5.41) is 11.6. The first-order valence-corrected chi connectivity index (χ1v) is 9.70. The lowest BCUT2D eigenvalue weighted by atomic mass is 10.1. The minimum Gasteiger partial charge on any atom is -0.482 e. The Hall–Kier alpha value is -3.80. The number of ether oxygens (including phenoxy) is 1. The Balaban J connectivity index is 1.53. The van der Waals surface area contributed by atoms with Crippen LogP contribution in [-0.4, -0.2) is 36.7 Å². The number of amides is 1. The summed E-state index contributed by atoms with van der Waals surface area (Å²) in [6.45, 7) is 0.357. The summed E-state index contributed by atoms with van der Waals surface area (Å²) in [5.74, 6) is -0.572. The van der Waals surface area contributed by atoms with Gasteiger partial charge in [0.05, 0.1) is 0 Å². The summed E-state index contributed by atoms with van der Waals surface area (Å²) in [4.78, 5) is 25.1. The molecule has 6 nitrogen and oxygen atoms in total. The topological polar surface area (TPSA) is 78.9 Å². The number of carbonyl (C=O) groups is 2. The fourth-order valence-electron chi connectivity index (χ4n) is 2.99. The predicted octanol–water partition coefficient (Wildman–Crippen LogP) is 3.65. The van der Waals surface area contributed by atoms with Crippen LogP contribution >= 0.6 is 0 Å². The minimum atomic E-state index is -1.01. The van der Waals surface area contributed by atoms with Crippen molar-refractivity contribution in [3.8, 4) is 5.75 Å². The van der Waals surface area contributed by atoms with E-state index in [0.717, 1.165) is 16.9 Å². The van der Waals surface area contributed by atoms with E-state index in [-0.39, 0.29) is 19.1 Å². The van der Waals surface area contributed by atoms with Gasteiger partial charge < -0.3 is 20.1 Å². The van der Waals surface area contributed by atoms with Gasteiger partial charge in [-0.05, 0) is 48.4 Å². The van der Waals surface area contributed by atoms with Gasteiger partial charge in [0.2, 0.25) is 5.91 Å². The van der Waals surface area contributed by atoms with Crippen LogP contribution in [-0.2, 0) is 16.0 Å². The normalized spacial score (nSPS) is 10.3. The van der Waals surface area contributed by atoms with E-state index in [1.807, 2.05) is 77.7 Å². The Morgan fingerprint density at radius 3 is 1.93 bits per heavy atom. The largest absolute Gasteiger partial charge is 0.482 e. The van der Waals surface area contributed by atoms with Crippen molar-refractivity contribution in [2.75, 3.05) is 24.6 Å². The van der Waals surface area contributed by atoms with E-state index in [9.17, 15) is 9.59 Å². The van der Waals surface area contributed by atoms with Crippen molar-refractivity contribution >= 4 is 23.3 Å². The molecule has 0 unspecified atom stereocenters. The van der Waals surface area contributed by atoms with Gasteiger partial charge in [-0.25, -0.2) is 4.79 Å². The Morgan fingerprint density at radius 2 is 1.40 bits per heavy atom. The van der Waals surface area contributed by atoms with Crippen LogP contribution in [0.3, 0.4) is 0 Å². The van der Waals surface area contributed by atoms with Gasteiger partial charge in [-0.2, -0.15) is 0 Å². The number of carboxylic acids is 1. The molecule has 30 heavy (non-hydrogen) atoms. The number of anilines is 2. The molecule has 0 saturated heterocycles. The lowest BCUT2D eigenvalue weighted by Crippen LogP contribution is -2.35. The Kier molecular flexibility index (Phi) is 7.44. The van der Waals surface area contributed by atoms with Gasteiger partial charge in [0.1, 0.15) is 12.3 Å². The van der Waals surface area contributed by atoms with Crippen molar-refractivity contribution in [1.29, 1.82) is 0 Å². The highest BCUT2D eigenvalue weighted by molar-refractivity contribution is 5.84. The summed E-state index contributed by atoms with van der Waals surface area (Å²) in [5.41, 5.74) is 2.94. The molecular weight excluding hydrogens is 380 g/mol. The molecule has 0 saturated carbocycles. The lowest BCUT2D eigenvalue weighted by molar-refractivity contribution is -0.139. The van der Waals surface area contributed by atoms with Crippen LogP contribution in [0.15, 0.2) is 84.9 Å². The molecule has 6 heteroatoms. The summed E-state index contributed by atoms with van der Waals surface area (Å²) < 4.78 is 5.12. The summed E-state index contributed by atoms with van der Waals surface area (Å²) in [6, 6.07) is 26.8. The van der Waals surface area contributed by atoms with E-state index in [0.29, 0.717) is 18.7 Å². The second-order valence-electron chi connectivity index (χ2n) is 6.68. The zero-order chi connectivity index (χ0) is 21.2. The van der Waals surface area contributed by atoms with Crippen LogP contribution in [0.5, 0.6) is 5.75 Å². The van der Waals surface area contributed by atoms with Crippen molar-refractivity contribution in [3.05, 3.63) is 90.5 Å². The molecule has 0 radical (unpaired) electrons. The number of aliphatic carboxylic acids is 1. The molecule has 0 aliphatic rings. The third kappa shape index (κ3) is 6.38. The van der Waals surface area contributed by atoms with Crippen LogP contribution in [0.1, 0.15) is 5.56 Å². The highest BCUT2D eigenvalue weighted by Crippen LogP contribution is 2.24. The first-order valence-electron chi connectivity index (χ1n) is 9.70. The third-order valence-corrected chi connectivity index (χ3v) is 4.46. The van der Waals surface area contributed by atoms with E-state index in [2.05, 4.69) is 5.32 Å². The van der Waals surface area contributed by atoms with Gasteiger partial charge in [-0.15, -0.1) is 0 Å². The molecule has 3 aromatic rings. The van der Waals surface area contributed by atoms with E-state index in [1.54, 1.807) is 12.1 Å². The number of hydrogen-bond donors (Lipinski definition) is 2. The predicted molar refractivity (Wildman–Crippen MR) is 116 cm³/mol. The molecule has 0 aromatic heterocycles. The second-order valence-corrected chi connectivity index (χ2v) is 6.68. The van der Waals surface area contributed by atoms with E-state index < -0.39 is 5.97 Å². The zero-order valence-corrected chi connectivity index (χ0v) is 16.5. The maximum absolute atomic E-state index is 12.6. The third-order valence-electron chi connectivity index (χ3n) is 4.46. The molecule has 154 valence electrons. The molecule has 0 heterocycles. The summed E-state index contributed by atoms with van der Waals surface area (Å²) in [7, 11) is 0. The quantitative estimate of drug-likeness (QED) is 0.539. The second kappa shape index (κ2) is 10.7. The molecule has 0 aliphatic heterocycles. The Bertz CT molecular complexity index is 904. The highest BCUT2D eigenvalue weighted by atomic mass is 16.5. The van der Waals surface area contributed by atoms with Gasteiger partial charge >= 0.3 is 5.97 Å². The van der Waals surface area contributed by atoms with Crippen LogP contribution in [0.4, 0.5) is 11.4 Å². The molecular formula is C24H24N2O4. The van der Waals surface area contributed by atoms with Gasteiger partial charge in [0.15, 0.2) is 6.61 Å². The number of carbonyl (C=O) groups excluding carboxylic acids is 1. The van der Waals surface area contributed by atoms with Gasteiger partial charge in [0.25, 0.3) is 0 Å². The molecule has 0 aliphatic carbocycles. The van der Waals surface area contributed by atoms with Crippen molar-refractivity contribution in [3.63, 3.8) is 0 Å². The first kappa shape index (κ1) is 20.9. The van der Waals surface area contributed by atoms with E-state index in [1.165, 1.54) is 0 Å². The Morgan fingerprint density at radius 1 is 0.833 bits per heavy atom. The van der Waals surface area contributed by atoms with Crippen molar-refractivity contribution in [2.45, 2.75) is 6.42 Å². The van der Waals surface area contributed by atoms with Gasteiger partial charge in [0, 0.05) is 17.9 Å². The number of carboxylic acid groups (broad SMARTS) is 1. The minimum absolute atomic E-state index is 0.0656. The maximum Gasteiger partial charge on any atom is 0.341 e. The summed E-state index contributed by atoms with van der Waals surface area (Å²) >= 11 is 0. The number of benzene rings is 3. The van der Waals surface area contributed by atoms with Crippen molar-refractivity contribution in [2.24, 2.45) is 0 Å². The van der Waals surface area contributed by atoms with Gasteiger partial charge in [-0.3, -0.25) is 4.79 Å². The molecule has 0 atom stereocenters. The molecule has 0 fully saturated rings.